The zero-order valence-electron chi connectivity index (χ0n) is 13.7. The van der Waals surface area contributed by atoms with Gasteiger partial charge in [0, 0.05) is 0 Å². The lowest BCUT2D eigenvalue weighted by atomic mass is 10.2. The summed E-state index contributed by atoms with van der Waals surface area (Å²) in [7, 11) is -3.72. The molecule has 0 saturated carbocycles. The Kier molecular flexibility index (Phi) is 5.30. The second kappa shape index (κ2) is 7.06. The van der Waals surface area contributed by atoms with Gasteiger partial charge in [-0.25, -0.2) is 13.1 Å². The van der Waals surface area contributed by atoms with Gasteiger partial charge in [-0.1, -0.05) is 12.1 Å². The van der Waals surface area contributed by atoms with Crippen LogP contribution in [0, 0.1) is 13.8 Å². The minimum atomic E-state index is -3.72. The number of para-hydroxylation sites is 1. The summed E-state index contributed by atoms with van der Waals surface area (Å²) in [6.07, 6.45) is 0. The molecule has 1 heterocycles. The lowest BCUT2D eigenvalue weighted by molar-refractivity contribution is 0.0996. The topological polar surface area (TPSA) is 112 Å². The van der Waals surface area contributed by atoms with Gasteiger partial charge in [-0.3, -0.25) is 4.79 Å². The van der Waals surface area contributed by atoms with Gasteiger partial charge in [0.25, 0.3) is 5.91 Å². The van der Waals surface area contributed by atoms with Crippen LogP contribution in [0.1, 0.15) is 28.8 Å². The largest absolute Gasteiger partial charge is 0.491 e. The van der Waals surface area contributed by atoms with Gasteiger partial charge in [-0.05, 0) is 39.0 Å². The molecule has 1 atom stereocenters. The first-order chi connectivity index (χ1) is 11.2. The van der Waals surface area contributed by atoms with Gasteiger partial charge in [0.15, 0.2) is 0 Å². The van der Waals surface area contributed by atoms with E-state index in [1.54, 1.807) is 45.0 Å². The van der Waals surface area contributed by atoms with E-state index >= 15 is 0 Å². The number of sulfonamides is 1. The van der Waals surface area contributed by atoms with Crippen molar-refractivity contribution in [2.24, 2.45) is 5.73 Å². The Morgan fingerprint density at radius 3 is 2.58 bits per heavy atom. The molecule has 1 amide bonds. The fraction of sp³-hybridized carbons (Fsp3) is 0.312. The van der Waals surface area contributed by atoms with Crippen LogP contribution in [0.2, 0.25) is 0 Å². The number of hydrogen-bond acceptors (Lipinski definition) is 5. The average molecular weight is 352 g/mol. The smallest absolute Gasteiger partial charge is 0.252 e. The van der Waals surface area contributed by atoms with Crippen LogP contribution < -0.4 is 15.2 Å². The summed E-state index contributed by atoms with van der Waals surface area (Å²) in [6.45, 7) is 4.97. The molecule has 1 aromatic heterocycles. The summed E-state index contributed by atoms with van der Waals surface area (Å²) >= 11 is 0. The highest BCUT2D eigenvalue weighted by Gasteiger charge is 2.23. The molecule has 0 unspecified atom stereocenters. The molecule has 7 nitrogen and oxygen atoms in total. The number of nitrogens with one attached hydrogen (secondary N) is 1. The first-order valence-electron chi connectivity index (χ1n) is 7.31. The number of aryl methyl sites for hydroxylation is 2. The third-order valence-corrected chi connectivity index (χ3v) is 4.98. The summed E-state index contributed by atoms with van der Waals surface area (Å²) in [5, 5.41) is 0. The standard InChI is InChI=1S/C16H20N2O5S/c1-10(9-22-14-7-5-4-6-13(14)16(17)19)18-24(20,21)15-8-11(2)23-12(15)3/h4-8,10,18H,9H2,1-3H3,(H2,17,19)/t10-/m0/s1. The van der Waals surface area contributed by atoms with Crippen molar-refractivity contribution in [3.05, 3.63) is 47.4 Å². The summed E-state index contributed by atoms with van der Waals surface area (Å²) in [4.78, 5) is 11.4. The fourth-order valence-corrected chi connectivity index (χ4v) is 3.71. The molecule has 0 aliphatic rings. The lowest BCUT2D eigenvalue weighted by Gasteiger charge is -2.16. The molecule has 3 N–H and O–H groups in total. The van der Waals surface area contributed by atoms with E-state index in [0.717, 1.165) is 0 Å². The quantitative estimate of drug-likeness (QED) is 0.788. The molecular formula is C16H20N2O5S. The molecule has 0 bridgehead atoms. The third-order valence-electron chi connectivity index (χ3n) is 3.28. The summed E-state index contributed by atoms with van der Waals surface area (Å²) in [5.74, 6) is 0.550. The van der Waals surface area contributed by atoms with Crippen molar-refractivity contribution in [1.29, 1.82) is 0 Å². The molecule has 0 spiro atoms. The van der Waals surface area contributed by atoms with Crippen molar-refractivity contribution in [3.63, 3.8) is 0 Å². The van der Waals surface area contributed by atoms with Crippen LogP contribution in [0.3, 0.4) is 0 Å². The van der Waals surface area contributed by atoms with Gasteiger partial charge in [0.1, 0.15) is 28.8 Å². The van der Waals surface area contributed by atoms with Crippen LogP contribution in [-0.4, -0.2) is 27.0 Å². The molecule has 0 saturated heterocycles. The van der Waals surface area contributed by atoms with Crippen molar-refractivity contribution < 1.29 is 22.4 Å². The molecule has 0 aliphatic heterocycles. The third kappa shape index (κ3) is 4.15. The predicted molar refractivity (Wildman–Crippen MR) is 88.4 cm³/mol. The number of benzene rings is 1. The van der Waals surface area contributed by atoms with Crippen molar-refractivity contribution in [2.45, 2.75) is 31.7 Å². The zero-order valence-corrected chi connectivity index (χ0v) is 14.5. The minimum absolute atomic E-state index is 0.0411. The lowest BCUT2D eigenvalue weighted by Crippen LogP contribution is -2.37. The number of primary amides is 1. The van der Waals surface area contributed by atoms with Gasteiger partial charge in [-0.15, -0.1) is 0 Å². The van der Waals surface area contributed by atoms with Crippen LogP contribution in [0.5, 0.6) is 5.75 Å². The second-order valence-electron chi connectivity index (χ2n) is 5.47. The van der Waals surface area contributed by atoms with Crippen molar-refractivity contribution >= 4 is 15.9 Å². The number of hydrogen-bond donors (Lipinski definition) is 2. The molecule has 2 aromatic rings. The number of carbonyl (C=O) groups is 1. The molecule has 1 aromatic carbocycles. The van der Waals surface area contributed by atoms with Crippen molar-refractivity contribution in [3.8, 4) is 5.75 Å². The fourth-order valence-electron chi connectivity index (χ4n) is 2.25. The van der Waals surface area contributed by atoms with E-state index in [-0.39, 0.29) is 17.1 Å². The molecule has 24 heavy (non-hydrogen) atoms. The SMILES string of the molecule is Cc1cc(S(=O)(=O)N[C@@H](C)COc2ccccc2C(N)=O)c(C)o1. The molecule has 2 rings (SSSR count). The average Bonchev–Trinajstić information content (AvgIpc) is 2.84. The number of ether oxygens (including phenoxy) is 1. The highest BCUT2D eigenvalue weighted by molar-refractivity contribution is 7.89. The Morgan fingerprint density at radius 1 is 1.33 bits per heavy atom. The number of carbonyl (C=O) groups excluding carboxylic acids is 1. The van der Waals surface area contributed by atoms with Crippen molar-refractivity contribution in [1.82, 2.24) is 4.72 Å². The van der Waals surface area contributed by atoms with Gasteiger partial charge in [0.05, 0.1) is 11.6 Å². The van der Waals surface area contributed by atoms with E-state index < -0.39 is 22.0 Å². The summed E-state index contributed by atoms with van der Waals surface area (Å²) in [6, 6.07) is 7.46. The molecular weight excluding hydrogens is 332 g/mol. The summed E-state index contributed by atoms with van der Waals surface area (Å²) in [5.41, 5.74) is 5.52. The first-order valence-corrected chi connectivity index (χ1v) is 8.80. The van der Waals surface area contributed by atoms with Gasteiger partial charge in [0.2, 0.25) is 10.0 Å². The number of nitrogens with two attached hydrogens (primary N) is 1. The van der Waals surface area contributed by atoms with E-state index in [9.17, 15) is 13.2 Å². The number of amides is 1. The molecule has 130 valence electrons. The Labute approximate surface area is 140 Å². The van der Waals surface area contributed by atoms with Gasteiger partial charge < -0.3 is 14.9 Å². The normalized spacial score (nSPS) is 12.8. The van der Waals surface area contributed by atoms with E-state index in [0.29, 0.717) is 17.3 Å². The highest BCUT2D eigenvalue weighted by atomic mass is 32.2. The molecule has 8 heteroatoms. The Hall–Kier alpha value is -2.32. The van der Waals surface area contributed by atoms with Gasteiger partial charge >= 0.3 is 0 Å². The highest BCUT2D eigenvalue weighted by Crippen LogP contribution is 2.20. The minimum Gasteiger partial charge on any atom is -0.491 e. The maximum absolute atomic E-state index is 12.4. The maximum Gasteiger partial charge on any atom is 0.252 e. The van der Waals surface area contributed by atoms with Crippen molar-refractivity contribution in [2.75, 3.05) is 6.61 Å². The predicted octanol–water partition coefficient (Wildman–Crippen LogP) is 1.74. The van der Waals surface area contributed by atoms with Gasteiger partial charge in [-0.2, -0.15) is 0 Å². The second-order valence-corrected chi connectivity index (χ2v) is 7.15. The van der Waals surface area contributed by atoms with E-state index in [1.807, 2.05) is 0 Å². The van der Waals surface area contributed by atoms with Crippen LogP contribution in [-0.2, 0) is 10.0 Å². The van der Waals surface area contributed by atoms with Crippen LogP contribution in [0.15, 0.2) is 39.6 Å². The maximum atomic E-state index is 12.4. The van der Waals surface area contributed by atoms with Crippen LogP contribution >= 0.6 is 0 Å². The zero-order chi connectivity index (χ0) is 17.9. The summed E-state index contributed by atoms with van der Waals surface area (Å²) < 4.78 is 38.0. The van der Waals surface area contributed by atoms with Crippen LogP contribution in [0.4, 0.5) is 0 Å². The number of rotatable bonds is 7. The Morgan fingerprint density at radius 2 is 2.00 bits per heavy atom. The Balaban J connectivity index is 2.05. The molecule has 0 radical (unpaired) electrons. The monoisotopic (exact) mass is 352 g/mol. The number of furan rings is 1. The van der Waals surface area contributed by atoms with E-state index in [4.69, 9.17) is 14.9 Å². The van der Waals surface area contributed by atoms with Crippen LogP contribution in [0.25, 0.3) is 0 Å². The van der Waals surface area contributed by atoms with E-state index in [1.165, 1.54) is 6.07 Å². The van der Waals surface area contributed by atoms with E-state index in [2.05, 4.69) is 4.72 Å². The Bertz CT molecular complexity index is 842. The first kappa shape index (κ1) is 18.0. The molecule has 0 fully saturated rings. The molecule has 0 aliphatic carbocycles.